The van der Waals surface area contributed by atoms with Gasteiger partial charge in [0.15, 0.2) is 5.11 Å². The molecule has 0 radical (unpaired) electrons. The quantitative estimate of drug-likeness (QED) is 0.403. The van der Waals surface area contributed by atoms with Crippen LogP contribution in [0.3, 0.4) is 0 Å². The number of benzene rings is 1. The summed E-state index contributed by atoms with van der Waals surface area (Å²) in [5.41, 5.74) is 3.10. The predicted molar refractivity (Wildman–Crippen MR) is 144 cm³/mol. The number of piperidine rings is 1. The van der Waals surface area contributed by atoms with Gasteiger partial charge in [-0.05, 0) is 79.9 Å². The topological polar surface area (TPSA) is 31.4 Å². The molecular weight excluding hydrogens is 468 g/mol. The molecule has 2 fully saturated rings. The lowest BCUT2D eigenvalue weighted by Gasteiger charge is -2.37. The van der Waals surface area contributed by atoms with E-state index in [1.165, 1.54) is 16.2 Å². The number of nitrogens with one attached hydrogen (secondary N) is 1. The van der Waals surface area contributed by atoms with Crippen LogP contribution in [-0.4, -0.2) is 23.2 Å². The molecule has 0 amide bonds. The van der Waals surface area contributed by atoms with Crippen molar-refractivity contribution in [1.82, 2.24) is 10.3 Å². The second-order valence-electron chi connectivity index (χ2n) is 9.43. The molecule has 0 aliphatic carbocycles. The molecule has 0 unspecified atom stereocenters. The summed E-state index contributed by atoms with van der Waals surface area (Å²) in [6, 6.07) is 16.8. The van der Waals surface area contributed by atoms with Gasteiger partial charge in [-0.1, -0.05) is 31.5 Å². The van der Waals surface area contributed by atoms with Crippen LogP contribution in [0.5, 0.6) is 0 Å². The van der Waals surface area contributed by atoms with Crippen molar-refractivity contribution in [1.29, 1.82) is 0 Å². The van der Waals surface area contributed by atoms with Gasteiger partial charge in [-0.3, -0.25) is 4.98 Å². The molecule has 0 bridgehead atoms. The Balaban J connectivity index is 1.51. The van der Waals surface area contributed by atoms with E-state index in [-0.39, 0.29) is 12.1 Å². The van der Waals surface area contributed by atoms with Crippen molar-refractivity contribution in [2.75, 3.05) is 22.9 Å². The third kappa shape index (κ3) is 4.48. The number of thiophene rings is 1. The zero-order valence-corrected chi connectivity index (χ0v) is 21.6. The second kappa shape index (κ2) is 9.24. The monoisotopic (exact) mass is 496 g/mol. The van der Waals surface area contributed by atoms with E-state index in [4.69, 9.17) is 23.8 Å². The van der Waals surface area contributed by atoms with Crippen LogP contribution in [0, 0.1) is 18.8 Å². The van der Waals surface area contributed by atoms with Crippen molar-refractivity contribution in [3.63, 3.8) is 0 Å². The smallest absolute Gasteiger partial charge is 0.174 e. The average molecular weight is 497 g/mol. The van der Waals surface area contributed by atoms with Crippen molar-refractivity contribution in [2.45, 2.75) is 39.3 Å². The van der Waals surface area contributed by atoms with Gasteiger partial charge in [-0.25, -0.2) is 0 Å². The summed E-state index contributed by atoms with van der Waals surface area (Å²) in [7, 11) is 0. The number of anilines is 2. The number of hydrogen-bond donors (Lipinski definition) is 1. The van der Waals surface area contributed by atoms with Crippen LogP contribution in [0.2, 0.25) is 5.02 Å². The fourth-order valence-corrected chi connectivity index (χ4v) is 6.94. The molecule has 0 saturated carbocycles. The van der Waals surface area contributed by atoms with Crippen molar-refractivity contribution < 1.29 is 0 Å². The fourth-order valence-electron chi connectivity index (χ4n) is 5.30. The van der Waals surface area contributed by atoms with E-state index in [1.54, 1.807) is 11.3 Å². The van der Waals surface area contributed by atoms with Gasteiger partial charge in [-0.2, -0.15) is 0 Å². The third-order valence-electron chi connectivity index (χ3n) is 6.57. The van der Waals surface area contributed by atoms with Gasteiger partial charge in [0, 0.05) is 34.7 Å². The van der Waals surface area contributed by atoms with Crippen molar-refractivity contribution in [3.8, 4) is 0 Å². The lowest BCUT2D eigenvalue weighted by molar-refractivity contribution is 0.357. The molecule has 2 saturated heterocycles. The van der Waals surface area contributed by atoms with E-state index < -0.39 is 0 Å². The van der Waals surface area contributed by atoms with Gasteiger partial charge >= 0.3 is 0 Å². The van der Waals surface area contributed by atoms with Gasteiger partial charge in [0.2, 0.25) is 0 Å². The highest BCUT2D eigenvalue weighted by atomic mass is 35.5. The Bertz CT molecular complexity index is 1140. The zero-order valence-electron chi connectivity index (χ0n) is 19.2. The summed E-state index contributed by atoms with van der Waals surface area (Å²) in [6.45, 7) is 8.88. The minimum absolute atomic E-state index is 0.0167. The van der Waals surface area contributed by atoms with Crippen molar-refractivity contribution in [2.24, 2.45) is 11.8 Å². The molecular formula is C26H29ClN4S2. The first kappa shape index (κ1) is 22.6. The Morgan fingerprint density at radius 2 is 1.88 bits per heavy atom. The molecule has 5 rings (SSSR count). The molecule has 2 aliphatic heterocycles. The number of aromatic nitrogens is 1. The SMILES string of the molecule is Cc1ccc([C@H]2[C@H](c3ccccn3)NC(=S)N2c2ccc(N3C[C@H](C)C[C@H](C)C3)c(Cl)c2)s1. The summed E-state index contributed by atoms with van der Waals surface area (Å²) in [5.74, 6) is 1.34. The van der Waals surface area contributed by atoms with Crippen LogP contribution in [-0.2, 0) is 0 Å². The van der Waals surface area contributed by atoms with Crippen LogP contribution in [0.15, 0.2) is 54.7 Å². The highest BCUT2D eigenvalue weighted by molar-refractivity contribution is 7.80. The number of hydrogen-bond acceptors (Lipinski definition) is 4. The number of halogens is 1. The van der Waals surface area contributed by atoms with E-state index in [1.807, 2.05) is 18.3 Å². The van der Waals surface area contributed by atoms with Gasteiger partial charge < -0.3 is 15.1 Å². The first-order valence-corrected chi connectivity index (χ1v) is 13.1. The Morgan fingerprint density at radius 3 is 2.52 bits per heavy atom. The van der Waals surface area contributed by atoms with Crippen LogP contribution < -0.4 is 15.1 Å². The van der Waals surface area contributed by atoms with E-state index in [9.17, 15) is 0 Å². The average Bonchev–Trinajstić information content (AvgIpc) is 3.36. The normalized spacial score (nSPS) is 25.4. The number of aryl methyl sites for hydroxylation is 1. The summed E-state index contributed by atoms with van der Waals surface area (Å²) in [4.78, 5) is 11.8. The summed E-state index contributed by atoms with van der Waals surface area (Å²) >= 11 is 14.6. The van der Waals surface area contributed by atoms with Crippen LogP contribution in [0.25, 0.3) is 0 Å². The Labute approximate surface area is 210 Å². The minimum Gasteiger partial charge on any atom is -0.370 e. The number of thiocarbonyl (C=S) groups is 1. The first-order valence-electron chi connectivity index (χ1n) is 11.5. The number of nitrogens with zero attached hydrogens (tertiary/aromatic N) is 3. The van der Waals surface area contributed by atoms with Gasteiger partial charge in [0.25, 0.3) is 0 Å². The lowest BCUT2D eigenvalue weighted by atomic mass is 9.91. The third-order valence-corrected chi connectivity index (χ3v) is 8.26. The maximum atomic E-state index is 6.89. The fraction of sp³-hybridized carbons (Fsp3) is 0.385. The predicted octanol–water partition coefficient (Wildman–Crippen LogP) is 6.76. The molecule has 4 nitrogen and oxygen atoms in total. The zero-order chi connectivity index (χ0) is 23.1. The molecule has 4 heterocycles. The number of rotatable bonds is 4. The Morgan fingerprint density at radius 1 is 1.09 bits per heavy atom. The molecule has 4 atom stereocenters. The van der Waals surface area contributed by atoms with E-state index in [2.05, 4.69) is 77.3 Å². The highest BCUT2D eigenvalue weighted by Crippen LogP contribution is 2.45. The van der Waals surface area contributed by atoms with Gasteiger partial charge in [0.1, 0.15) is 0 Å². The van der Waals surface area contributed by atoms with Crippen LogP contribution in [0.4, 0.5) is 11.4 Å². The van der Waals surface area contributed by atoms with Crippen LogP contribution >= 0.6 is 35.2 Å². The molecule has 2 aliphatic rings. The van der Waals surface area contributed by atoms with E-state index >= 15 is 0 Å². The van der Waals surface area contributed by atoms with Gasteiger partial charge in [-0.15, -0.1) is 11.3 Å². The standard InChI is InChI=1S/C26H29ClN4S2/c1-16-12-17(2)15-30(14-16)22-9-8-19(13-20(22)27)31-25(23-10-7-18(3)33-23)24(29-26(31)32)21-6-4-5-11-28-21/h4-11,13,16-17,24-25H,12,14-15H2,1-3H3,(H,29,32)/t16-,17+,24-,25-/m0/s1. The molecule has 0 spiro atoms. The lowest BCUT2D eigenvalue weighted by Crippen LogP contribution is -2.38. The summed E-state index contributed by atoms with van der Waals surface area (Å²) in [6.07, 6.45) is 3.11. The molecule has 33 heavy (non-hydrogen) atoms. The van der Waals surface area contributed by atoms with Crippen LogP contribution in [0.1, 0.15) is 47.8 Å². The maximum absolute atomic E-state index is 6.89. The maximum Gasteiger partial charge on any atom is 0.174 e. The molecule has 1 aromatic carbocycles. The van der Waals surface area contributed by atoms with Gasteiger partial charge in [0.05, 0.1) is 28.5 Å². The molecule has 2 aromatic heterocycles. The Hall–Kier alpha value is -2.15. The van der Waals surface area contributed by atoms with Crippen molar-refractivity contribution >= 4 is 51.6 Å². The first-order chi connectivity index (χ1) is 15.9. The Kier molecular flexibility index (Phi) is 6.34. The van der Waals surface area contributed by atoms with E-state index in [0.29, 0.717) is 16.9 Å². The minimum atomic E-state index is -0.0287. The number of pyridine rings is 1. The highest BCUT2D eigenvalue weighted by Gasteiger charge is 2.41. The summed E-state index contributed by atoms with van der Waals surface area (Å²) < 4.78 is 0. The summed E-state index contributed by atoms with van der Waals surface area (Å²) in [5, 5.41) is 5.01. The molecule has 172 valence electrons. The molecule has 3 aromatic rings. The van der Waals surface area contributed by atoms with E-state index in [0.717, 1.165) is 35.2 Å². The largest absolute Gasteiger partial charge is 0.370 e. The molecule has 7 heteroatoms. The second-order valence-corrected chi connectivity index (χ2v) is 11.5. The van der Waals surface area contributed by atoms with Crippen molar-refractivity contribution in [3.05, 3.63) is 75.2 Å². The molecule has 1 N–H and O–H groups in total.